The van der Waals surface area contributed by atoms with Crippen molar-refractivity contribution in [3.05, 3.63) is 104 Å². The first kappa shape index (κ1) is 24.7. The van der Waals surface area contributed by atoms with E-state index in [1.54, 1.807) is 12.5 Å². The molecule has 0 atom stereocenters. The van der Waals surface area contributed by atoms with Crippen molar-refractivity contribution in [3.8, 4) is 22.5 Å². The molecule has 6 rings (SSSR count). The average molecular weight is 516 g/mol. The number of rotatable bonds is 8. The Morgan fingerprint density at radius 3 is 2.72 bits per heavy atom. The summed E-state index contributed by atoms with van der Waals surface area (Å²) in [4.78, 5) is 7.94. The van der Waals surface area contributed by atoms with Gasteiger partial charge in [0.2, 0.25) is 0 Å². The molecule has 1 aliphatic carbocycles. The normalized spacial score (nSPS) is 15.2. The lowest BCUT2D eigenvalue weighted by Crippen LogP contribution is -2.20. The summed E-state index contributed by atoms with van der Waals surface area (Å²) in [6.07, 6.45) is 19.6. The van der Waals surface area contributed by atoms with E-state index < -0.39 is 0 Å². The number of furan rings is 1. The highest BCUT2D eigenvalue weighted by atomic mass is 16.3. The van der Waals surface area contributed by atoms with Gasteiger partial charge in [0.25, 0.3) is 0 Å². The Balaban J connectivity index is 1.33. The van der Waals surface area contributed by atoms with Crippen LogP contribution in [0.5, 0.6) is 0 Å². The van der Waals surface area contributed by atoms with Gasteiger partial charge in [-0.1, -0.05) is 44.6 Å². The number of H-pyrrole nitrogens is 2. The van der Waals surface area contributed by atoms with Gasteiger partial charge >= 0.3 is 0 Å². The quantitative estimate of drug-likeness (QED) is 0.181. The summed E-state index contributed by atoms with van der Waals surface area (Å²) >= 11 is 0. The lowest BCUT2D eigenvalue weighted by molar-refractivity contribution is 0.393. The van der Waals surface area contributed by atoms with Crippen molar-refractivity contribution in [2.24, 2.45) is 5.92 Å². The summed E-state index contributed by atoms with van der Waals surface area (Å²) in [5.41, 5.74) is 10.0. The summed E-state index contributed by atoms with van der Waals surface area (Å²) in [6, 6.07) is 10.5. The lowest BCUT2D eigenvalue weighted by Gasteiger charge is -2.25. The zero-order valence-corrected chi connectivity index (χ0v) is 22.3. The van der Waals surface area contributed by atoms with Crippen molar-refractivity contribution in [3.63, 3.8) is 0 Å². The maximum Gasteiger partial charge on any atom is 0.116 e. The van der Waals surface area contributed by atoms with E-state index in [2.05, 4.69) is 82.0 Å². The van der Waals surface area contributed by atoms with Crippen LogP contribution >= 0.6 is 0 Å². The topological polar surface area (TPSA) is 82.5 Å². The van der Waals surface area contributed by atoms with Crippen molar-refractivity contribution >= 4 is 27.4 Å². The van der Waals surface area contributed by atoms with Gasteiger partial charge in [-0.3, -0.25) is 10.1 Å². The molecule has 0 aliphatic heterocycles. The molecule has 4 heterocycles. The fraction of sp³-hybridized carbons (Fsp3) is 0.212. The van der Waals surface area contributed by atoms with E-state index in [0.29, 0.717) is 5.92 Å². The molecule has 1 aromatic carbocycles. The van der Waals surface area contributed by atoms with E-state index in [4.69, 9.17) is 4.42 Å². The first-order chi connectivity index (χ1) is 19.1. The largest absolute Gasteiger partial charge is 0.472 e. The minimum atomic E-state index is 0.529. The Hall–Kier alpha value is -4.58. The number of allylic oxidation sites excluding steroid dienone is 5. The van der Waals surface area contributed by atoms with Gasteiger partial charge in [-0.05, 0) is 73.2 Å². The molecule has 1 aliphatic rings. The highest BCUT2D eigenvalue weighted by molar-refractivity contribution is 6.01. The van der Waals surface area contributed by atoms with Gasteiger partial charge in [0.15, 0.2) is 0 Å². The predicted octanol–water partition coefficient (Wildman–Crippen LogP) is 8.52. The number of nitrogens with zero attached hydrogens (tertiary/aromatic N) is 2. The third-order valence-corrected chi connectivity index (χ3v) is 7.77. The molecule has 1 saturated carbocycles. The molecule has 3 N–H and O–H groups in total. The Labute approximate surface area is 228 Å². The second-order valence-electron chi connectivity index (χ2n) is 10.2. The molecule has 196 valence electrons. The molecule has 0 spiro atoms. The molecule has 6 heteroatoms. The van der Waals surface area contributed by atoms with Crippen molar-refractivity contribution < 1.29 is 4.42 Å². The number of aromatic amines is 2. The second-order valence-corrected chi connectivity index (χ2v) is 10.2. The van der Waals surface area contributed by atoms with E-state index in [1.165, 1.54) is 32.1 Å². The van der Waals surface area contributed by atoms with Crippen molar-refractivity contribution in [1.82, 2.24) is 25.5 Å². The van der Waals surface area contributed by atoms with Crippen LogP contribution in [0.15, 0.2) is 102 Å². The molecule has 6 nitrogen and oxygen atoms in total. The number of fused-ring (bicyclic) bond motifs is 2. The van der Waals surface area contributed by atoms with E-state index in [0.717, 1.165) is 66.9 Å². The molecule has 0 unspecified atom stereocenters. The third-order valence-electron chi connectivity index (χ3n) is 7.77. The van der Waals surface area contributed by atoms with Crippen LogP contribution in [0.2, 0.25) is 0 Å². The second kappa shape index (κ2) is 10.7. The van der Waals surface area contributed by atoms with Gasteiger partial charge in [-0.25, -0.2) is 0 Å². The maximum absolute atomic E-state index is 5.31. The van der Waals surface area contributed by atoms with Gasteiger partial charge in [-0.2, -0.15) is 5.10 Å². The van der Waals surface area contributed by atoms with Gasteiger partial charge in [0.05, 0.1) is 35.5 Å². The first-order valence-corrected chi connectivity index (χ1v) is 13.6. The predicted molar refractivity (Wildman–Crippen MR) is 160 cm³/mol. The van der Waals surface area contributed by atoms with Crippen LogP contribution in [-0.4, -0.2) is 20.2 Å². The number of hydrogen-bond donors (Lipinski definition) is 3. The van der Waals surface area contributed by atoms with Crippen molar-refractivity contribution in [2.75, 3.05) is 0 Å². The van der Waals surface area contributed by atoms with Crippen molar-refractivity contribution in [2.45, 2.75) is 39.0 Å². The molecule has 0 bridgehead atoms. The van der Waals surface area contributed by atoms with Crippen LogP contribution in [0.1, 0.15) is 44.6 Å². The molecule has 1 fully saturated rings. The Morgan fingerprint density at radius 1 is 1.08 bits per heavy atom. The summed E-state index contributed by atoms with van der Waals surface area (Å²) in [5.74, 6) is 0.529. The maximum atomic E-state index is 5.31. The standard InChI is InChI=1S/C33H33N5O/c1-4-22(15-26(5-2)35-21(3)23-9-7-6-8-10-23)24-11-12-30-28(16-24)33(38-37-30)31-17-27-29(25-13-14-39-20-25)18-34-19-32(27)36-31/h4-5,11-20,23,35-36H,2-3,6-10H2,1H3,(H,37,38)/b22-4+,26-15+. The highest BCUT2D eigenvalue weighted by Crippen LogP contribution is 2.35. The zero-order chi connectivity index (χ0) is 26.8. The molecular formula is C33H33N5O. The smallest absolute Gasteiger partial charge is 0.116 e. The SMILES string of the molecule is C=C/C(=C\C(=C/C)c1ccc2[nH]nc(-c3cc4c(-c5ccoc5)cncc4[nH]3)c2c1)NC(=C)C1CCCCC1. The van der Waals surface area contributed by atoms with Crippen LogP contribution in [0.3, 0.4) is 0 Å². The van der Waals surface area contributed by atoms with Crippen LogP contribution in [-0.2, 0) is 0 Å². The summed E-state index contributed by atoms with van der Waals surface area (Å²) in [6.45, 7) is 10.5. The zero-order valence-electron chi connectivity index (χ0n) is 22.3. The number of nitrogens with one attached hydrogen (secondary N) is 3. The molecule has 0 amide bonds. The van der Waals surface area contributed by atoms with Crippen LogP contribution in [0, 0.1) is 5.92 Å². The number of benzene rings is 1. The molecule has 0 saturated heterocycles. The van der Waals surface area contributed by atoms with Crippen LogP contribution in [0.4, 0.5) is 0 Å². The molecule has 39 heavy (non-hydrogen) atoms. The minimum Gasteiger partial charge on any atom is -0.472 e. The number of pyridine rings is 1. The molecule has 5 aromatic rings. The van der Waals surface area contributed by atoms with Crippen LogP contribution < -0.4 is 5.32 Å². The summed E-state index contributed by atoms with van der Waals surface area (Å²) in [5, 5.41) is 13.5. The van der Waals surface area contributed by atoms with Gasteiger partial charge in [0, 0.05) is 39.5 Å². The van der Waals surface area contributed by atoms with Gasteiger partial charge in [-0.15, -0.1) is 0 Å². The molecular weight excluding hydrogens is 482 g/mol. The van der Waals surface area contributed by atoms with E-state index >= 15 is 0 Å². The monoisotopic (exact) mass is 515 g/mol. The van der Waals surface area contributed by atoms with E-state index in [-0.39, 0.29) is 0 Å². The lowest BCUT2D eigenvalue weighted by atomic mass is 9.87. The summed E-state index contributed by atoms with van der Waals surface area (Å²) in [7, 11) is 0. The van der Waals surface area contributed by atoms with Crippen molar-refractivity contribution in [1.29, 1.82) is 0 Å². The Kier molecular flexibility index (Phi) is 6.76. The Morgan fingerprint density at radius 2 is 1.95 bits per heavy atom. The third kappa shape index (κ3) is 4.86. The average Bonchev–Trinajstić information content (AvgIpc) is 3.74. The van der Waals surface area contributed by atoms with E-state index in [1.807, 2.05) is 24.5 Å². The van der Waals surface area contributed by atoms with Crippen LogP contribution in [0.25, 0.3) is 49.9 Å². The fourth-order valence-corrected chi connectivity index (χ4v) is 5.61. The first-order valence-electron chi connectivity index (χ1n) is 13.6. The van der Waals surface area contributed by atoms with Gasteiger partial charge < -0.3 is 14.7 Å². The van der Waals surface area contributed by atoms with Gasteiger partial charge in [0.1, 0.15) is 5.69 Å². The highest BCUT2D eigenvalue weighted by Gasteiger charge is 2.18. The minimum absolute atomic E-state index is 0.529. The number of aromatic nitrogens is 4. The fourth-order valence-electron chi connectivity index (χ4n) is 5.61. The summed E-state index contributed by atoms with van der Waals surface area (Å²) < 4.78 is 5.31. The number of hydrogen-bond acceptors (Lipinski definition) is 4. The molecule has 4 aromatic heterocycles. The molecule has 0 radical (unpaired) electrons. The Bertz CT molecular complexity index is 1710. The van der Waals surface area contributed by atoms with E-state index in [9.17, 15) is 0 Å².